The van der Waals surface area contributed by atoms with Gasteiger partial charge in [-0.1, -0.05) is 30.3 Å². The SMILES string of the molecule is O=C(CCc1cncnc1)NCc1ncc(-c2ccccc2)o1. The fraction of sp³-hybridized carbons (Fsp3) is 0.176. The van der Waals surface area contributed by atoms with E-state index in [0.717, 1.165) is 11.1 Å². The number of oxazole rings is 1. The fourth-order valence-electron chi connectivity index (χ4n) is 2.11. The van der Waals surface area contributed by atoms with Gasteiger partial charge < -0.3 is 9.73 Å². The highest BCUT2D eigenvalue weighted by molar-refractivity contribution is 5.76. The van der Waals surface area contributed by atoms with Crippen molar-refractivity contribution in [1.29, 1.82) is 0 Å². The van der Waals surface area contributed by atoms with Crippen LogP contribution >= 0.6 is 0 Å². The molecule has 0 radical (unpaired) electrons. The van der Waals surface area contributed by atoms with Gasteiger partial charge in [0.25, 0.3) is 0 Å². The molecule has 3 rings (SSSR count). The monoisotopic (exact) mass is 308 g/mol. The van der Waals surface area contributed by atoms with E-state index < -0.39 is 0 Å². The first-order chi connectivity index (χ1) is 11.3. The Kier molecular flexibility index (Phi) is 4.73. The van der Waals surface area contributed by atoms with E-state index in [2.05, 4.69) is 20.3 Å². The fourth-order valence-corrected chi connectivity index (χ4v) is 2.11. The molecule has 0 aliphatic rings. The molecule has 1 aromatic carbocycles. The minimum atomic E-state index is -0.0617. The number of carbonyl (C=O) groups is 1. The number of nitrogens with one attached hydrogen (secondary N) is 1. The predicted octanol–water partition coefficient (Wildman–Crippen LogP) is 2.38. The van der Waals surface area contributed by atoms with Crippen molar-refractivity contribution in [1.82, 2.24) is 20.3 Å². The minimum Gasteiger partial charge on any atom is -0.439 e. The number of aromatic nitrogens is 3. The van der Waals surface area contributed by atoms with Gasteiger partial charge in [0.2, 0.25) is 11.8 Å². The van der Waals surface area contributed by atoms with Crippen LogP contribution in [-0.4, -0.2) is 20.9 Å². The molecule has 0 saturated carbocycles. The minimum absolute atomic E-state index is 0.0617. The number of benzene rings is 1. The summed E-state index contributed by atoms with van der Waals surface area (Å²) < 4.78 is 5.64. The predicted molar refractivity (Wildman–Crippen MR) is 84.1 cm³/mol. The summed E-state index contributed by atoms with van der Waals surface area (Å²) in [5, 5.41) is 2.80. The Morgan fingerprint density at radius 1 is 1.09 bits per heavy atom. The van der Waals surface area contributed by atoms with Gasteiger partial charge in [0.1, 0.15) is 6.33 Å². The second-order valence-electron chi connectivity index (χ2n) is 5.01. The van der Waals surface area contributed by atoms with Crippen LogP contribution in [0, 0.1) is 0 Å². The highest BCUT2D eigenvalue weighted by atomic mass is 16.4. The number of rotatable bonds is 6. The van der Waals surface area contributed by atoms with Crippen molar-refractivity contribution < 1.29 is 9.21 Å². The molecular formula is C17H16N4O2. The molecule has 2 aromatic heterocycles. The van der Waals surface area contributed by atoms with Gasteiger partial charge in [-0.25, -0.2) is 15.0 Å². The Balaban J connectivity index is 1.49. The Morgan fingerprint density at radius 3 is 2.65 bits per heavy atom. The summed E-state index contributed by atoms with van der Waals surface area (Å²) >= 11 is 0. The maximum Gasteiger partial charge on any atom is 0.220 e. The van der Waals surface area contributed by atoms with Crippen molar-refractivity contribution in [3.63, 3.8) is 0 Å². The van der Waals surface area contributed by atoms with Gasteiger partial charge in [-0.3, -0.25) is 4.79 Å². The number of hydrogen-bond donors (Lipinski definition) is 1. The Bertz CT molecular complexity index is 757. The van der Waals surface area contributed by atoms with Crippen LogP contribution in [0.4, 0.5) is 0 Å². The Hall–Kier alpha value is -3.02. The van der Waals surface area contributed by atoms with E-state index in [1.807, 2.05) is 30.3 Å². The lowest BCUT2D eigenvalue weighted by Crippen LogP contribution is -2.23. The van der Waals surface area contributed by atoms with E-state index in [1.54, 1.807) is 18.6 Å². The normalized spacial score (nSPS) is 10.4. The van der Waals surface area contributed by atoms with Crippen LogP contribution in [0.1, 0.15) is 17.9 Å². The maximum absolute atomic E-state index is 11.8. The first-order valence-corrected chi connectivity index (χ1v) is 7.32. The van der Waals surface area contributed by atoms with Crippen LogP contribution < -0.4 is 5.32 Å². The molecule has 0 aliphatic heterocycles. The molecule has 0 spiro atoms. The van der Waals surface area contributed by atoms with E-state index >= 15 is 0 Å². The summed E-state index contributed by atoms with van der Waals surface area (Å²) in [7, 11) is 0. The summed E-state index contributed by atoms with van der Waals surface area (Å²) in [6.45, 7) is 0.275. The van der Waals surface area contributed by atoms with Crippen LogP contribution in [0.15, 0.2) is 59.7 Å². The van der Waals surface area contributed by atoms with Crippen LogP contribution in [0.5, 0.6) is 0 Å². The second kappa shape index (κ2) is 7.31. The molecule has 6 nitrogen and oxygen atoms in total. The molecule has 0 aliphatic carbocycles. The average molecular weight is 308 g/mol. The molecule has 0 atom stereocenters. The van der Waals surface area contributed by atoms with Gasteiger partial charge in [0.05, 0.1) is 12.7 Å². The lowest BCUT2D eigenvalue weighted by atomic mass is 10.2. The topological polar surface area (TPSA) is 80.9 Å². The first kappa shape index (κ1) is 14.9. The molecule has 1 amide bonds. The van der Waals surface area contributed by atoms with Gasteiger partial charge in [0, 0.05) is 24.4 Å². The first-order valence-electron chi connectivity index (χ1n) is 7.32. The van der Waals surface area contributed by atoms with Crippen LogP contribution in [0.2, 0.25) is 0 Å². The molecular weight excluding hydrogens is 292 g/mol. The molecule has 23 heavy (non-hydrogen) atoms. The molecule has 2 heterocycles. The number of amides is 1. The molecule has 0 saturated heterocycles. The second-order valence-corrected chi connectivity index (χ2v) is 5.01. The van der Waals surface area contributed by atoms with Gasteiger partial charge in [-0.15, -0.1) is 0 Å². The smallest absolute Gasteiger partial charge is 0.220 e. The maximum atomic E-state index is 11.8. The van der Waals surface area contributed by atoms with Crippen LogP contribution in [0.3, 0.4) is 0 Å². The van der Waals surface area contributed by atoms with Crippen LogP contribution in [-0.2, 0) is 17.8 Å². The summed E-state index contributed by atoms with van der Waals surface area (Å²) in [4.78, 5) is 23.9. The molecule has 116 valence electrons. The van der Waals surface area contributed by atoms with Crippen molar-refractivity contribution in [2.24, 2.45) is 0 Å². The zero-order valence-corrected chi connectivity index (χ0v) is 12.5. The third kappa shape index (κ3) is 4.23. The number of aryl methyl sites for hydroxylation is 1. The third-order valence-corrected chi connectivity index (χ3v) is 3.30. The van der Waals surface area contributed by atoms with Crippen molar-refractivity contribution in [2.45, 2.75) is 19.4 Å². The van der Waals surface area contributed by atoms with Gasteiger partial charge in [0.15, 0.2) is 5.76 Å². The molecule has 0 bridgehead atoms. The lowest BCUT2D eigenvalue weighted by Gasteiger charge is -2.02. The van der Waals surface area contributed by atoms with Crippen LogP contribution in [0.25, 0.3) is 11.3 Å². The molecule has 1 N–H and O–H groups in total. The zero-order chi connectivity index (χ0) is 15.9. The quantitative estimate of drug-likeness (QED) is 0.756. The molecule has 0 fully saturated rings. The van der Waals surface area contributed by atoms with Crippen molar-refractivity contribution in [2.75, 3.05) is 0 Å². The standard InChI is InChI=1S/C17H16N4O2/c22-16(7-6-13-8-18-12-19-9-13)20-11-17-21-10-15(23-17)14-4-2-1-3-5-14/h1-5,8-10,12H,6-7,11H2,(H,20,22). The molecule has 6 heteroatoms. The Morgan fingerprint density at radius 2 is 1.87 bits per heavy atom. The third-order valence-electron chi connectivity index (χ3n) is 3.30. The molecule has 3 aromatic rings. The highest BCUT2D eigenvalue weighted by Crippen LogP contribution is 2.19. The van der Waals surface area contributed by atoms with Gasteiger partial charge in [-0.05, 0) is 12.0 Å². The van der Waals surface area contributed by atoms with E-state index in [9.17, 15) is 4.79 Å². The van der Waals surface area contributed by atoms with E-state index in [4.69, 9.17) is 4.42 Å². The summed E-state index contributed by atoms with van der Waals surface area (Å²) in [6, 6.07) is 9.72. The zero-order valence-electron chi connectivity index (χ0n) is 12.5. The van der Waals surface area contributed by atoms with Gasteiger partial charge >= 0.3 is 0 Å². The van der Waals surface area contributed by atoms with Gasteiger partial charge in [-0.2, -0.15) is 0 Å². The number of carbonyl (C=O) groups excluding carboxylic acids is 1. The summed E-state index contributed by atoms with van der Waals surface area (Å²) in [5.74, 6) is 1.12. The van der Waals surface area contributed by atoms with E-state index in [1.165, 1.54) is 6.33 Å². The van der Waals surface area contributed by atoms with Crippen molar-refractivity contribution in [3.05, 3.63) is 66.7 Å². The molecule has 0 unspecified atom stereocenters. The summed E-state index contributed by atoms with van der Waals surface area (Å²) in [5.41, 5.74) is 1.90. The number of nitrogens with zero attached hydrogens (tertiary/aromatic N) is 3. The van der Waals surface area contributed by atoms with E-state index in [-0.39, 0.29) is 12.5 Å². The highest BCUT2D eigenvalue weighted by Gasteiger charge is 2.08. The van der Waals surface area contributed by atoms with Crippen molar-refractivity contribution >= 4 is 5.91 Å². The average Bonchev–Trinajstić information content (AvgIpc) is 3.09. The Labute approximate surface area is 133 Å². The largest absolute Gasteiger partial charge is 0.439 e. The lowest BCUT2D eigenvalue weighted by molar-refractivity contribution is -0.121. The number of hydrogen-bond acceptors (Lipinski definition) is 5. The van der Waals surface area contributed by atoms with E-state index in [0.29, 0.717) is 24.5 Å². The summed E-state index contributed by atoms with van der Waals surface area (Å²) in [6.07, 6.45) is 7.53. The van der Waals surface area contributed by atoms with Crippen molar-refractivity contribution in [3.8, 4) is 11.3 Å².